The topological polar surface area (TPSA) is 67.3 Å². The van der Waals surface area contributed by atoms with E-state index in [0.717, 1.165) is 6.42 Å². The van der Waals surface area contributed by atoms with Gasteiger partial charge in [0, 0.05) is 11.3 Å². The number of carboxylic acids is 1. The Morgan fingerprint density at radius 3 is 2.56 bits per heavy atom. The number of aromatic nitrogens is 1. The Morgan fingerprint density at radius 1 is 1.44 bits per heavy atom. The van der Waals surface area contributed by atoms with Gasteiger partial charge in [0.15, 0.2) is 10.8 Å². The molecule has 1 heterocycles. The van der Waals surface area contributed by atoms with Crippen LogP contribution in [0.2, 0.25) is 0 Å². The van der Waals surface area contributed by atoms with E-state index in [1.54, 1.807) is 5.38 Å². The van der Waals surface area contributed by atoms with E-state index in [4.69, 9.17) is 5.11 Å². The van der Waals surface area contributed by atoms with Gasteiger partial charge in [-0.25, -0.2) is 4.98 Å². The standard InChI is InChI=1S/C13H19NO3S/c1-8(6-13(2,3)4)11(17)12-14-9(7-18-12)5-10(15)16/h7-8H,5-6H2,1-4H3,(H,15,16). The van der Waals surface area contributed by atoms with Gasteiger partial charge >= 0.3 is 5.97 Å². The largest absolute Gasteiger partial charge is 0.481 e. The minimum atomic E-state index is -0.929. The van der Waals surface area contributed by atoms with E-state index in [2.05, 4.69) is 25.8 Å². The molecule has 0 aliphatic heterocycles. The van der Waals surface area contributed by atoms with Crippen LogP contribution in [0.5, 0.6) is 0 Å². The number of Topliss-reactive ketones (excluding diaryl/α,β-unsaturated/α-hetero) is 1. The van der Waals surface area contributed by atoms with E-state index < -0.39 is 5.97 Å². The second-order valence-electron chi connectivity index (χ2n) is 5.74. The van der Waals surface area contributed by atoms with Gasteiger partial charge in [-0.3, -0.25) is 9.59 Å². The zero-order chi connectivity index (χ0) is 13.9. The van der Waals surface area contributed by atoms with Crippen molar-refractivity contribution in [1.29, 1.82) is 0 Å². The third-order valence-corrected chi connectivity index (χ3v) is 3.37. The molecule has 0 radical (unpaired) electrons. The molecule has 0 fully saturated rings. The summed E-state index contributed by atoms with van der Waals surface area (Å²) in [4.78, 5) is 26.8. The molecule has 0 saturated carbocycles. The van der Waals surface area contributed by atoms with Crippen LogP contribution in [0.25, 0.3) is 0 Å². The SMILES string of the molecule is CC(CC(C)(C)C)C(=O)c1nc(CC(=O)O)cs1. The number of rotatable bonds is 5. The Kier molecular flexibility index (Phi) is 4.62. The van der Waals surface area contributed by atoms with Crippen molar-refractivity contribution < 1.29 is 14.7 Å². The first-order valence-electron chi connectivity index (χ1n) is 5.89. The molecule has 1 aromatic heterocycles. The predicted octanol–water partition coefficient (Wildman–Crippen LogP) is 3.03. The van der Waals surface area contributed by atoms with E-state index >= 15 is 0 Å². The van der Waals surface area contributed by atoms with Crippen LogP contribution in [0, 0.1) is 11.3 Å². The fourth-order valence-corrected chi connectivity index (χ4v) is 2.75. The molecule has 0 aromatic carbocycles. The van der Waals surface area contributed by atoms with Gasteiger partial charge in [0.25, 0.3) is 0 Å². The van der Waals surface area contributed by atoms with Crippen molar-refractivity contribution in [2.45, 2.75) is 40.5 Å². The number of carbonyl (C=O) groups excluding carboxylic acids is 1. The normalized spacial score (nSPS) is 13.3. The number of carbonyl (C=O) groups is 2. The van der Waals surface area contributed by atoms with Crippen molar-refractivity contribution in [3.8, 4) is 0 Å². The van der Waals surface area contributed by atoms with Gasteiger partial charge in [-0.2, -0.15) is 0 Å². The number of hydrogen-bond acceptors (Lipinski definition) is 4. The minimum absolute atomic E-state index is 0.00608. The Morgan fingerprint density at radius 2 is 2.06 bits per heavy atom. The third-order valence-electron chi connectivity index (χ3n) is 2.46. The summed E-state index contributed by atoms with van der Waals surface area (Å²) in [5.74, 6) is -1.01. The second kappa shape index (κ2) is 5.61. The lowest BCUT2D eigenvalue weighted by molar-refractivity contribution is -0.136. The van der Waals surface area contributed by atoms with E-state index in [-0.39, 0.29) is 23.5 Å². The summed E-state index contributed by atoms with van der Waals surface area (Å²) < 4.78 is 0. The first-order chi connectivity index (χ1) is 8.19. The second-order valence-corrected chi connectivity index (χ2v) is 6.60. The number of nitrogens with zero attached hydrogens (tertiary/aromatic N) is 1. The van der Waals surface area contributed by atoms with Crippen molar-refractivity contribution in [2.24, 2.45) is 11.3 Å². The summed E-state index contributed by atoms with van der Waals surface area (Å²) in [7, 11) is 0. The van der Waals surface area contributed by atoms with Crippen LogP contribution in [-0.4, -0.2) is 21.8 Å². The Bertz CT molecular complexity index is 445. The van der Waals surface area contributed by atoms with Gasteiger partial charge in [-0.05, 0) is 11.8 Å². The zero-order valence-corrected chi connectivity index (χ0v) is 12.0. The average molecular weight is 269 g/mol. The molecule has 1 unspecified atom stereocenters. The van der Waals surface area contributed by atoms with Crippen molar-refractivity contribution in [3.63, 3.8) is 0 Å². The van der Waals surface area contributed by atoms with Crippen molar-refractivity contribution >= 4 is 23.1 Å². The Balaban J connectivity index is 2.72. The molecule has 4 nitrogen and oxygen atoms in total. The highest BCUT2D eigenvalue weighted by atomic mass is 32.1. The van der Waals surface area contributed by atoms with Crippen molar-refractivity contribution in [3.05, 3.63) is 16.1 Å². The van der Waals surface area contributed by atoms with E-state index in [0.29, 0.717) is 10.7 Å². The highest BCUT2D eigenvalue weighted by Gasteiger charge is 2.24. The number of hydrogen-bond donors (Lipinski definition) is 1. The van der Waals surface area contributed by atoms with Crippen LogP contribution in [0.1, 0.15) is 49.6 Å². The van der Waals surface area contributed by atoms with Crippen LogP contribution in [0.15, 0.2) is 5.38 Å². The summed E-state index contributed by atoms with van der Waals surface area (Å²) in [5, 5.41) is 10.7. The molecule has 1 N–H and O–H groups in total. The first-order valence-corrected chi connectivity index (χ1v) is 6.77. The Hall–Kier alpha value is -1.23. The van der Waals surface area contributed by atoms with Crippen molar-refractivity contribution in [1.82, 2.24) is 4.98 Å². The molecule has 1 atom stereocenters. The van der Waals surface area contributed by atoms with Crippen LogP contribution < -0.4 is 0 Å². The van der Waals surface area contributed by atoms with Crippen LogP contribution in [0.3, 0.4) is 0 Å². The Labute approximate surface area is 111 Å². The first kappa shape index (κ1) is 14.8. The fraction of sp³-hybridized carbons (Fsp3) is 0.615. The number of thiazole rings is 1. The molecule has 0 spiro atoms. The molecule has 1 aromatic rings. The molecule has 0 aliphatic rings. The van der Waals surface area contributed by atoms with Crippen LogP contribution >= 0.6 is 11.3 Å². The van der Waals surface area contributed by atoms with E-state index in [9.17, 15) is 9.59 Å². The van der Waals surface area contributed by atoms with Crippen LogP contribution in [0.4, 0.5) is 0 Å². The van der Waals surface area contributed by atoms with Gasteiger partial charge in [-0.15, -0.1) is 11.3 Å². The van der Waals surface area contributed by atoms with Crippen LogP contribution in [-0.2, 0) is 11.2 Å². The summed E-state index contributed by atoms with van der Waals surface area (Å²) in [6, 6.07) is 0. The predicted molar refractivity (Wildman–Crippen MR) is 71.0 cm³/mol. The molecule has 100 valence electrons. The smallest absolute Gasteiger partial charge is 0.309 e. The maximum Gasteiger partial charge on any atom is 0.309 e. The third kappa shape index (κ3) is 4.56. The minimum Gasteiger partial charge on any atom is -0.481 e. The summed E-state index contributed by atoms with van der Waals surface area (Å²) in [6.45, 7) is 8.17. The lowest BCUT2D eigenvalue weighted by atomic mass is 9.84. The number of ketones is 1. The highest BCUT2D eigenvalue weighted by molar-refractivity contribution is 7.11. The summed E-state index contributed by atoms with van der Waals surface area (Å²) in [6.07, 6.45) is 0.664. The lowest BCUT2D eigenvalue weighted by Gasteiger charge is -2.21. The molecule has 0 amide bonds. The van der Waals surface area contributed by atoms with Gasteiger partial charge in [0.05, 0.1) is 12.1 Å². The van der Waals surface area contributed by atoms with Gasteiger partial charge < -0.3 is 5.11 Å². The number of carboxylic acid groups (broad SMARTS) is 1. The molecule has 18 heavy (non-hydrogen) atoms. The monoisotopic (exact) mass is 269 g/mol. The fourth-order valence-electron chi connectivity index (χ4n) is 1.88. The maximum atomic E-state index is 12.1. The molecule has 5 heteroatoms. The molecular weight excluding hydrogens is 250 g/mol. The molecule has 1 rings (SSSR count). The van der Waals surface area contributed by atoms with Gasteiger partial charge in [0.2, 0.25) is 0 Å². The van der Waals surface area contributed by atoms with Gasteiger partial charge in [0.1, 0.15) is 0 Å². The van der Waals surface area contributed by atoms with E-state index in [1.807, 2.05) is 6.92 Å². The lowest BCUT2D eigenvalue weighted by Crippen LogP contribution is -2.18. The molecule has 0 saturated heterocycles. The number of aliphatic carboxylic acids is 1. The highest BCUT2D eigenvalue weighted by Crippen LogP contribution is 2.27. The molecule has 0 aliphatic carbocycles. The summed E-state index contributed by atoms with van der Waals surface area (Å²) in [5.41, 5.74) is 0.551. The quantitative estimate of drug-likeness (QED) is 0.834. The molecule has 0 bridgehead atoms. The molecular formula is C13H19NO3S. The van der Waals surface area contributed by atoms with Crippen molar-refractivity contribution in [2.75, 3.05) is 0 Å². The average Bonchev–Trinajstić information content (AvgIpc) is 2.61. The summed E-state index contributed by atoms with van der Waals surface area (Å²) >= 11 is 1.23. The zero-order valence-electron chi connectivity index (χ0n) is 11.2. The van der Waals surface area contributed by atoms with Gasteiger partial charge in [-0.1, -0.05) is 27.7 Å². The maximum absolute atomic E-state index is 12.1. The van der Waals surface area contributed by atoms with E-state index in [1.165, 1.54) is 11.3 Å².